The Hall–Kier alpha value is -2.09. The molecular formula is C11H9ClN4O2S. The van der Waals surface area contributed by atoms with Crippen LogP contribution >= 0.6 is 11.6 Å². The summed E-state index contributed by atoms with van der Waals surface area (Å²) in [5.41, 5.74) is 2.78. The van der Waals surface area contributed by atoms with Crippen LogP contribution < -0.4 is 5.43 Å². The number of anilines is 1. The van der Waals surface area contributed by atoms with Gasteiger partial charge < -0.3 is 0 Å². The van der Waals surface area contributed by atoms with Gasteiger partial charge in [0, 0.05) is 6.26 Å². The number of hydrogen-bond donors (Lipinski definition) is 1. The van der Waals surface area contributed by atoms with Crippen LogP contribution in [0.15, 0.2) is 22.1 Å². The summed E-state index contributed by atoms with van der Waals surface area (Å²) < 4.78 is 23.0. The molecule has 1 rings (SSSR count). The summed E-state index contributed by atoms with van der Waals surface area (Å²) in [4.78, 5) is 0.0718. The highest BCUT2D eigenvalue weighted by Crippen LogP contribution is 2.29. The van der Waals surface area contributed by atoms with Gasteiger partial charge in [-0.05, 0) is 24.6 Å². The molecule has 1 aromatic rings. The van der Waals surface area contributed by atoms with Crippen molar-refractivity contribution in [2.24, 2.45) is 5.10 Å². The molecule has 0 radical (unpaired) electrons. The van der Waals surface area contributed by atoms with Crippen molar-refractivity contribution >= 4 is 32.8 Å². The lowest BCUT2D eigenvalue weighted by Crippen LogP contribution is -2.02. The second-order valence-electron chi connectivity index (χ2n) is 3.67. The summed E-state index contributed by atoms with van der Waals surface area (Å²) in [7, 11) is -3.39. The van der Waals surface area contributed by atoms with Gasteiger partial charge in [0.05, 0.1) is 15.6 Å². The number of nitrogens with zero attached hydrogens (tertiary/aromatic N) is 3. The zero-order valence-corrected chi connectivity index (χ0v) is 11.7. The molecule has 0 fully saturated rings. The molecule has 0 aromatic heterocycles. The van der Waals surface area contributed by atoms with Gasteiger partial charge in [-0.3, -0.25) is 5.43 Å². The number of hydrazone groups is 1. The number of rotatable bonds is 3. The molecule has 19 heavy (non-hydrogen) atoms. The van der Waals surface area contributed by atoms with Crippen molar-refractivity contribution in [3.63, 3.8) is 0 Å². The van der Waals surface area contributed by atoms with Gasteiger partial charge in [-0.15, -0.1) is 0 Å². The van der Waals surface area contributed by atoms with Crippen LogP contribution in [0.1, 0.15) is 5.56 Å². The van der Waals surface area contributed by atoms with Crippen LogP contribution in [-0.4, -0.2) is 20.4 Å². The maximum atomic E-state index is 11.5. The predicted octanol–water partition coefficient (Wildman–Crippen LogP) is 1.87. The van der Waals surface area contributed by atoms with E-state index in [-0.39, 0.29) is 15.6 Å². The van der Waals surface area contributed by atoms with Gasteiger partial charge >= 0.3 is 0 Å². The number of nitriles is 2. The van der Waals surface area contributed by atoms with E-state index < -0.39 is 15.5 Å². The van der Waals surface area contributed by atoms with Gasteiger partial charge in [0.25, 0.3) is 0 Å². The summed E-state index contributed by atoms with van der Waals surface area (Å²) in [6.07, 6.45) is 1.07. The Kier molecular flexibility index (Phi) is 4.49. The predicted molar refractivity (Wildman–Crippen MR) is 71.6 cm³/mol. The molecule has 0 heterocycles. The fourth-order valence-electron chi connectivity index (χ4n) is 1.22. The average molecular weight is 297 g/mol. The average Bonchev–Trinajstić information content (AvgIpc) is 2.33. The molecule has 0 aliphatic carbocycles. The van der Waals surface area contributed by atoms with Crippen LogP contribution in [0.3, 0.4) is 0 Å². The highest BCUT2D eigenvalue weighted by atomic mass is 35.5. The van der Waals surface area contributed by atoms with E-state index in [1.165, 1.54) is 12.1 Å². The second-order valence-corrected chi connectivity index (χ2v) is 6.06. The largest absolute Gasteiger partial charge is 0.275 e. The molecule has 0 amide bonds. The van der Waals surface area contributed by atoms with E-state index in [1.54, 1.807) is 19.1 Å². The Labute approximate surface area is 115 Å². The molecule has 0 bridgehead atoms. The number of benzene rings is 1. The van der Waals surface area contributed by atoms with Crippen molar-refractivity contribution in [1.82, 2.24) is 0 Å². The summed E-state index contributed by atoms with van der Waals surface area (Å²) in [6.45, 7) is 1.64. The van der Waals surface area contributed by atoms with Crippen LogP contribution in [0.5, 0.6) is 0 Å². The highest BCUT2D eigenvalue weighted by Gasteiger charge is 2.13. The first-order chi connectivity index (χ1) is 8.79. The number of aryl methyl sites for hydroxylation is 1. The monoisotopic (exact) mass is 296 g/mol. The van der Waals surface area contributed by atoms with Crippen LogP contribution in [0.4, 0.5) is 5.69 Å². The molecule has 0 aliphatic heterocycles. The minimum absolute atomic E-state index is 0.0718. The molecule has 1 N–H and O–H groups in total. The minimum Gasteiger partial charge on any atom is -0.275 e. The smallest absolute Gasteiger partial charge is 0.237 e. The maximum absolute atomic E-state index is 11.5. The maximum Gasteiger partial charge on any atom is 0.237 e. The van der Waals surface area contributed by atoms with E-state index in [0.717, 1.165) is 6.26 Å². The second kappa shape index (κ2) is 5.70. The van der Waals surface area contributed by atoms with Crippen molar-refractivity contribution in [3.05, 3.63) is 22.7 Å². The van der Waals surface area contributed by atoms with E-state index in [1.807, 2.05) is 0 Å². The molecule has 1 aromatic carbocycles. The highest BCUT2D eigenvalue weighted by molar-refractivity contribution is 7.90. The molecule has 0 aliphatic rings. The topological polar surface area (TPSA) is 106 Å². The van der Waals surface area contributed by atoms with Gasteiger partial charge in [0.1, 0.15) is 12.1 Å². The third-order valence-electron chi connectivity index (χ3n) is 2.16. The van der Waals surface area contributed by atoms with E-state index in [9.17, 15) is 8.42 Å². The van der Waals surface area contributed by atoms with E-state index in [2.05, 4.69) is 10.5 Å². The zero-order chi connectivity index (χ0) is 14.6. The van der Waals surface area contributed by atoms with Crippen molar-refractivity contribution < 1.29 is 8.42 Å². The van der Waals surface area contributed by atoms with Gasteiger partial charge in [0.15, 0.2) is 9.84 Å². The molecule has 6 nitrogen and oxygen atoms in total. The van der Waals surface area contributed by atoms with Gasteiger partial charge in [-0.25, -0.2) is 8.42 Å². The lowest BCUT2D eigenvalue weighted by Gasteiger charge is -2.08. The van der Waals surface area contributed by atoms with Gasteiger partial charge in [-0.1, -0.05) is 11.6 Å². The van der Waals surface area contributed by atoms with Gasteiger partial charge in [0.2, 0.25) is 5.71 Å². The molecule has 0 atom stereocenters. The molecular weight excluding hydrogens is 288 g/mol. The fraction of sp³-hybridized carbons (Fsp3) is 0.182. The molecule has 0 unspecified atom stereocenters. The first kappa shape index (κ1) is 15.0. The molecule has 98 valence electrons. The summed E-state index contributed by atoms with van der Waals surface area (Å²) >= 11 is 5.99. The third-order valence-corrected chi connectivity index (χ3v) is 3.75. The SMILES string of the molecule is Cc1cc(S(C)(=O)=O)cc(NN=C(C#N)C#N)c1Cl. The minimum atomic E-state index is -3.39. The third kappa shape index (κ3) is 3.68. The standard InChI is InChI=1S/C11H9ClN4O2S/c1-7-3-9(19(2,17)18)4-10(11(7)12)16-15-8(5-13)6-14/h3-4,16H,1-2H3. The number of hydrogen-bond acceptors (Lipinski definition) is 6. The Morgan fingerprint density at radius 2 is 1.95 bits per heavy atom. The molecule has 0 spiro atoms. The zero-order valence-electron chi connectivity index (χ0n) is 10.1. The van der Waals surface area contributed by atoms with E-state index in [4.69, 9.17) is 22.1 Å². The number of nitrogens with one attached hydrogen (secondary N) is 1. The van der Waals surface area contributed by atoms with E-state index in [0.29, 0.717) is 5.56 Å². The number of halogens is 1. The summed E-state index contributed by atoms with van der Waals surface area (Å²) in [6, 6.07) is 5.86. The lowest BCUT2D eigenvalue weighted by atomic mass is 10.2. The Morgan fingerprint density at radius 1 is 1.37 bits per heavy atom. The normalized spacial score (nSPS) is 10.2. The van der Waals surface area contributed by atoms with Crippen molar-refractivity contribution in [1.29, 1.82) is 10.5 Å². The summed E-state index contributed by atoms with van der Waals surface area (Å²) in [5, 5.41) is 20.9. The molecule has 0 saturated carbocycles. The van der Waals surface area contributed by atoms with Crippen molar-refractivity contribution in [2.45, 2.75) is 11.8 Å². The molecule has 0 saturated heterocycles. The van der Waals surface area contributed by atoms with Crippen molar-refractivity contribution in [2.75, 3.05) is 11.7 Å². The van der Waals surface area contributed by atoms with Crippen LogP contribution in [0.25, 0.3) is 0 Å². The van der Waals surface area contributed by atoms with Crippen LogP contribution in [-0.2, 0) is 9.84 Å². The van der Waals surface area contributed by atoms with Crippen LogP contribution in [0, 0.1) is 29.6 Å². The van der Waals surface area contributed by atoms with Crippen LogP contribution in [0.2, 0.25) is 5.02 Å². The lowest BCUT2D eigenvalue weighted by molar-refractivity contribution is 0.602. The first-order valence-corrected chi connectivity index (χ1v) is 7.20. The van der Waals surface area contributed by atoms with Gasteiger partial charge in [-0.2, -0.15) is 15.6 Å². The van der Waals surface area contributed by atoms with E-state index >= 15 is 0 Å². The fourth-order valence-corrected chi connectivity index (χ4v) is 2.10. The quantitative estimate of drug-likeness (QED) is 0.677. The Bertz CT molecular complexity index is 710. The van der Waals surface area contributed by atoms with Crippen molar-refractivity contribution in [3.8, 4) is 12.1 Å². The summed E-state index contributed by atoms with van der Waals surface area (Å²) in [5.74, 6) is 0. The Balaban J connectivity index is 3.31. The molecule has 8 heteroatoms. The Morgan fingerprint density at radius 3 is 2.42 bits per heavy atom. The number of sulfone groups is 1. The first-order valence-electron chi connectivity index (χ1n) is 4.93.